The number of likely N-dealkylation sites (N-methyl/N-ethyl adjacent to an activating group) is 1. The van der Waals surface area contributed by atoms with Gasteiger partial charge in [-0.05, 0) is 70.3 Å². The lowest BCUT2D eigenvalue weighted by atomic mass is 9.92. The minimum Gasteiger partial charge on any atom is -0.312 e. The molecule has 1 saturated heterocycles. The Balaban J connectivity index is 2.20. The highest BCUT2D eigenvalue weighted by Gasteiger charge is 2.25. The fourth-order valence-corrected chi connectivity index (χ4v) is 4.06. The fourth-order valence-electron chi connectivity index (χ4n) is 4.06. The summed E-state index contributed by atoms with van der Waals surface area (Å²) in [5, 5.41) is 3.57. The molecule has 0 radical (unpaired) electrons. The van der Waals surface area contributed by atoms with Gasteiger partial charge in [-0.2, -0.15) is 0 Å². The summed E-state index contributed by atoms with van der Waals surface area (Å²) in [6, 6.07) is 5.86. The van der Waals surface area contributed by atoms with E-state index in [2.05, 4.69) is 57.1 Å². The molecule has 2 nitrogen and oxygen atoms in total. The molecule has 1 N–H and O–H groups in total. The molecule has 0 bridgehead atoms. The second kappa shape index (κ2) is 7.42. The van der Waals surface area contributed by atoms with Crippen molar-refractivity contribution in [2.45, 2.75) is 65.5 Å². The van der Waals surface area contributed by atoms with Crippen molar-refractivity contribution in [3.63, 3.8) is 0 Å². The van der Waals surface area contributed by atoms with E-state index in [1.807, 2.05) is 0 Å². The van der Waals surface area contributed by atoms with Crippen molar-refractivity contribution in [1.82, 2.24) is 10.2 Å². The molecule has 2 rings (SSSR count). The van der Waals surface area contributed by atoms with Crippen molar-refractivity contribution in [2.75, 3.05) is 20.1 Å². The van der Waals surface area contributed by atoms with Crippen molar-refractivity contribution in [3.05, 3.63) is 34.4 Å². The summed E-state index contributed by atoms with van der Waals surface area (Å²) >= 11 is 0. The summed E-state index contributed by atoms with van der Waals surface area (Å²) in [5.41, 5.74) is 5.73. The Kier molecular flexibility index (Phi) is 5.83. The van der Waals surface area contributed by atoms with E-state index in [4.69, 9.17) is 0 Å². The monoisotopic (exact) mass is 288 g/mol. The molecule has 0 saturated carbocycles. The molecule has 1 aromatic carbocycles. The molecule has 2 atom stereocenters. The average molecular weight is 288 g/mol. The Morgan fingerprint density at radius 1 is 1.19 bits per heavy atom. The maximum atomic E-state index is 3.57. The third-order valence-electron chi connectivity index (χ3n) is 5.07. The van der Waals surface area contributed by atoms with Gasteiger partial charge in [-0.3, -0.25) is 4.90 Å². The van der Waals surface area contributed by atoms with Crippen LogP contribution in [0.1, 0.15) is 60.9 Å². The second-order valence-electron chi connectivity index (χ2n) is 6.71. The van der Waals surface area contributed by atoms with Crippen LogP contribution in [0.3, 0.4) is 0 Å². The third-order valence-corrected chi connectivity index (χ3v) is 5.07. The van der Waals surface area contributed by atoms with E-state index >= 15 is 0 Å². The highest BCUT2D eigenvalue weighted by atomic mass is 15.2. The van der Waals surface area contributed by atoms with Crippen molar-refractivity contribution in [2.24, 2.45) is 0 Å². The Morgan fingerprint density at radius 2 is 1.86 bits per heavy atom. The Labute approximate surface area is 130 Å². The Bertz CT molecular complexity index is 444. The van der Waals surface area contributed by atoms with Crippen molar-refractivity contribution < 1.29 is 0 Å². The molecule has 21 heavy (non-hydrogen) atoms. The van der Waals surface area contributed by atoms with Crippen molar-refractivity contribution >= 4 is 0 Å². The predicted molar refractivity (Wildman–Crippen MR) is 92.0 cm³/mol. The minimum atomic E-state index is 0.442. The standard InChI is InChI=1S/C19H32N2/c1-6-17-9-7-8-10-21(17)13-18(20-5)19-15(3)11-14(2)12-16(19)4/h11-12,17-18,20H,6-10,13H2,1-5H3. The normalized spacial score (nSPS) is 21.5. The summed E-state index contributed by atoms with van der Waals surface area (Å²) in [4.78, 5) is 2.71. The largest absolute Gasteiger partial charge is 0.312 e. The van der Waals surface area contributed by atoms with Gasteiger partial charge in [-0.25, -0.2) is 0 Å². The molecular formula is C19H32N2. The van der Waals surface area contributed by atoms with Crippen LogP contribution in [0.5, 0.6) is 0 Å². The number of hydrogen-bond acceptors (Lipinski definition) is 2. The van der Waals surface area contributed by atoms with Gasteiger partial charge in [0.05, 0.1) is 0 Å². The summed E-state index contributed by atoms with van der Waals surface area (Å²) in [6.45, 7) is 11.4. The molecule has 1 aliphatic rings. The smallest absolute Gasteiger partial charge is 0.0452 e. The molecule has 1 aromatic rings. The van der Waals surface area contributed by atoms with Crippen LogP contribution >= 0.6 is 0 Å². The number of piperidine rings is 1. The highest BCUT2D eigenvalue weighted by Crippen LogP contribution is 2.27. The molecular weight excluding hydrogens is 256 g/mol. The molecule has 2 unspecified atom stereocenters. The number of nitrogens with one attached hydrogen (secondary N) is 1. The lowest BCUT2D eigenvalue weighted by molar-refractivity contribution is 0.130. The summed E-state index contributed by atoms with van der Waals surface area (Å²) in [7, 11) is 2.11. The zero-order valence-electron chi connectivity index (χ0n) is 14.5. The van der Waals surface area contributed by atoms with Crippen LogP contribution in [0.25, 0.3) is 0 Å². The number of benzene rings is 1. The van der Waals surface area contributed by atoms with Gasteiger partial charge < -0.3 is 5.32 Å². The zero-order valence-corrected chi connectivity index (χ0v) is 14.5. The van der Waals surface area contributed by atoms with E-state index in [0.29, 0.717) is 6.04 Å². The lowest BCUT2D eigenvalue weighted by Crippen LogP contribution is -2.43. The molecule has 1 fully saturated rings. The van der Waals surface area contributed by atoms with Crippen molar-refractivity contribution in [3.8, 4) is 0 Å². The predicted octanol–water partition coefficient (Wildman–Crippen LogP) is 4.14. The van der Waals surface area contributed by atoms with E-state index in [-0.39, 0.29) is 0 Å². The first kappa shape index (κ1) is 16.5. The van der Waals surface area contributed by atoms with Gasteiger partial charge in [0, 0.05) is 18.6 Å². The Hall–Kier alpha value is -0.860. The van der Waals surface area contributed by atoms with Crippen molar-refractivity contribution in [1.29, 1.82) is 0 Å². The molecule has 118 valence electrons. The van der Waals surface area contributed by atoms with E-state index in [0.717, 1.165) is 12.6 Å². The molecule has 2 heteroatoms. The van der Waals surface area contributed by atoms with Gasteiger partial charge in [0.2, 0.25) is 0 Å². The quantitative estimate of drug-likeness (QED) is 0.876. The van der Waals surface area contributed by atoms with Crippen LogP contribution in [0, 0.1) is 20.8 Å². The number of hydrogen-bond donors (Lipinski definition) is 1. The molecule has 0 aromatic heterocycles. The first-order valence-electron chi connectivity index (χ1n) is 8.55. The van der Waals surface area contributed by atoms with E-state index < -0.39 is 0 Å². The van der Waals surface area contributed by atoms with E-state index in [1.54, 1.807) is 0 Å². The van der Waals surface area contributed by atoms with Crippen LogP contribution in [0.15, 0.2) is 12.1 Å². The van der Waals surface area contributed by atoms with Crippen LogP contribution in [0.4, 0.5) is 0 Å². The van der Waals surface area contributed by atoms with Crippen LogP contribution < -0.4 is 5.32 Å². The lowest BCUT2D eigenvalue weighted by Gasteiger charge is -2.38. The van der Waals surface area contributed by atoms with Gasteiger partial charge in [0.15, 0.2) is 0 Å². The van der Waals surface area contributed by atoms with Gasteiger partial charge >= 0.3 is 0 Å². The van der Waals surface area contributed by atoms with Gasteiger partial charge in [-0.15, -0.1) is 0 Å². The summed E-state index contributed by atoms with van der Waals surface area (Å²) in [5.74, 6) is 0. The second-order valence-corrected chi connectivity index (χ2v) is 6.71. The van der Waals surface area contributed by atoms with Gasteiger partial charge in [0.25, 0.3) is 0 Å². The van der Waals surface area contributed by atoms with E-state index in [9.17, 15) is 0 Å². The number of aryl methyl sites for hydroxylation is 3. The first-order valence-corrected chi connectivity index (χ1v) is 8.55. The topological polar surface area (TPSA) is 15.3 Å². The molecule has 1 aliphatic heterocycles. The minimum absolute atomic E-state index is 0.442. The number of likely N-dealkylation sites (tertiary alicyclic amines) is 1. The first-order chi connectivity index (χ1) is 10.1. The van der Waals surface area contributed by atoms with Gasteiger partial charge in [0.1, 0.15) is 0 Å². The zero-order chi connectivity index (χ0) is 15.4. The maximum Gasteiger partial charge on any atom is 0.0452 e. The van der Waals surface area contributed by atoms with Crippen LogP contribution in [-0.2, 0) is 0 Å². The fraction of sp³-hybridized carbons (Fsp3) is 0.684. The molecule has 0 aliphatic carbocycles. The van der Waals surface area contributed by atoms with Crippen LogP contribution in [0.2, 0.25) is 0 Å². The van der Waals surface area contributed by atoms with Crippen LogP contribution in [-0.4, -0.2) is 31.1 Å². The molecule has 0 spiro atoms. The number of nitrogens with zero attached hydrogens (tertiary/aromatic N) is 1. The summed E-state index contributed by atoms with van der Waals surface area (Å²) in [6.07, 6.45) is 5.42. The van der Waals surface area contributed by atoms with E-state index in [1.165, 1.54) is 54.5 Å². The highest BCUT2D eigenvalue weighted by molar-refractivity contribution is 5.39. The van der Waals surface area contributed by atoms with Gasteiger partial charge in [-0.1, -0.05) is 31.0 Å². The third kappa shape index (κ3) is 3.87. The summed E-state index contributed by atoms with van der Waals surface area (Å²) < 4.78 is 0. The Morgan fingerprint density at radius 3 is 2.43 bits per heavy atom. The average Bonchev–Trinajstić information content (AvgIpc) is 2.45. The molecule has 1 heterocycles. The SMILES string of the molecule is CCC1CCCCN1CC(NC)c1c(C)cc(C)cc1C. The maximum absolute atomic E-state index is 3.57. The number of rotatable bonds is 5. The molecule has 0 amide bonds.